The third-order valence-electron chi connectivity index (χ3n) is 4.36. The third kappa shape index (κ3) is 4.52. The van der Waals surface area contributed by atoms with Crippen molar-refractivity contribution in [3.05, 3.63) is 53.1 Å². The van der Waals surface area contributed by atoms with Crippen LogP contribution in [0.5, 0.6) is 17.2 Å². The molecule has 1 amide bonds. The van der Waals surface area contributed by atoms with Gasteiger partial charge in [0.1, 0.15) is 5.75 Å². The Hall–Kier alpha value is -2.73. The van der Waals surface area contributed by atoms with Crippen molar-refractivity contribution in [2.45, 2.75) is 26.4 Å². The number of rotatable bonds is 8. The Kier molecular flexibility index (Phi) is 6.19. The molecule has 0 spiro atoms. The average Bonchev–Trinajstić information content (AvgIpc) is 3.15. The molecule has 1 aliphatic rings. The van der Waals surface area contributed by atoms with Crippen molar-refractivity contribution in [2.75, 3.05) is 26.4 Å². The molecule has 0 aromatic heterocycles. The maximum Gasteiger partial charge on any atom is 0.251 e. The smallest absolute Gasteiger partial charge is 0.251 e. The van der Waals surface area contributed by atoms with Crippen LogP contribution in [0.2, 0.25) is 0 Å². The zero-order valence-electron chi connectivity index (χ0n) is 15.7. The molecule has 2 aromatic rings. The summed E-state index contributed by atoms with van der Waals surface area (Å²) in [4.78, 5) is 12.5. The molecular weight excluding hydrogens is 346 g/mol. The van der Waals surface area contributed by atoms with Gasteiger partial charge in [-0.25, -0.2) is 0 Å². The van der Waals surface area contributed by atoms with E-state index in [0.29, 0.717) is 36.9 Å². The lowest BCUT2D eigenvalue weighted by atomic mass is 10.0. The molecule has 0 fully saturated rings. The first-order chi connectivity index (χ1) is 13.1. The second-order valence-corrected chi connectivity index (χ2v) is 6.22. The van der Waals surface area contributed by atoms with Gasteiger partial charge in [0.05, 0.1) is 25.9 Å². The minimum absolute atomic E-state index is 0.121. The van der Waals surface area contributed by atoms with Gasteiger partial charge in [0.15, 0.2) is 11.5 Å². The fourth-order valence-corrected chi connectivity index (χ4v) is 3.02. The lowest BCUT2D eigenvalue weighted by molar-refractivity contribution is 0.0915. The highest BCUT2D eigenvalue weighted by Crippen LogP contribution is 2.29. The second-order valence-electron chi connectivity index (χ2n) is 6.22. The number of aliphatic hydroxyl groups is 1. The van der Waals surface area contributed by atoms with E-state index in [9.17, 15) is 9.90 Å². The second kappa shape index (κ2) is 8.77. The Bertz CT molecular complexity index is 805. The Morgan fingerprint density at radius 1 is 1.15 bits per heavy atom. The number of aliphatic hydroxyl groups excluding tert-OH is 1. The molecule has 0 bridgehead atoms. The van der Waals surface area contributed by atoms with Crippen molar-refractivity contribution >= 4 is 5.91 Å². The summed E-state index contributed by atoms with van der Waals surface area (Å²) in [6.45, 7) is 5.56. The maximum absolute atomic E-state index is 12.5. The lowest BCUT2D eigenvalue weighted by Gasteiger charge is -2.15. The van der Waals surface area contributed by atoms with Gasteiger partial charge in [-0.05, 0) is 55.3 Å². The van der Waals surface area contributed by atoms with Gasteiger partial charge in [-0.3, -0.25) is 4.79 Å². The molecule has 1 unspecified atom stereocenters. The Morgan fingerprint density at radius 2 is 1.93 bits per heavy atom. The highest BCUT2D eigenvalue weighted by Gasteiger charge is 2.17. The molecule has 0 saturated carbocycles. The van der Waals surface area contributed by atoms with E-state index in [1.54, 1.807) is 18.2 Å². The van der Waals surface area contributed by atoms with Crippen LogP contribution in [0.25, 0.3) is 0 Å². The van der Waals surface area contributed by atoms with E-state index in [4.69, 9.17) is 14.2 Å². The number of hydrogen-bond acceptors (Lipinski definition) is 5. The van der Waals surface area contributed by atoms with Crippen LogP contribution >= 0.6 is 0 Å². The summed E-state index contributed by atoms with van der Waals surface area (Å²) in [6.07, 6.45) is 0.0585. The van der Waals surface area contributed by atoms with Crippen LogP contribution < -0.4 is 19.5 Å². The van der Waals surface area contributed by atoms with Crippen molar-refractivity contribution in [2.24, 2.45) is 0 Å². The number of carbonyl (C=O) groups is 1. The van der Waals surface area contributed by atoms with Gasteiger partial charge in [0, 0.05) is 18.5 Å². The van der Waals surface area contributed by atoms with E-state index in [2.05, 4.69) is 5.32 Å². The summed E-state index contributed by atoms with van der Waals surface area (Å²) in [7, 11) is 0. The summed E-state index contributed by atoms with van der Waals surface area (Å²) in [5.74, 6) is 1.73. The summed E-state index contributed by atoms with van der Waals surface area (Å²) < 4.78 is 16.5. The zero-order chi connectivity index (χ0) is 19.2. The molecular formula is C21H25NO5. The van der Waals surface area contributed by atoms with E-state index in [0.717, 1.165) is 23.3 Å². The SMILES string of the molecule is CCOc1ccc(C(=O)NCC(O)c2ccc3c(c2)CCO3)cc1OCC. The highest BCUT2D eigenvalue weighted by molar-refractivity contribution is 5.94. The van der Waals surface area contributed by atoms with Crippen LogP contribution in [0.3, 0.4) is 0 Å². The van der Waals surface area contributed by atoms with Gasteiger partial charge < -0.3 is 24.6 Å². The molecule has 6 nitrogen and oxygen atoms in total. The van der Waals surface area contributed by atoms with Gasteiger partial charge in [-0.2, -0.15) is 0 Å². The number of fused-ring (bicyclic) bond motifs is 1. The highest BCUT2D eigenvalue weighted by atomic mass is 16.5. The number of ether oxygens (including phenoxy) is 3. The van der Waals surface area contributed by atoms with Crippen LogP contribution in [-0.4, -0.2) is 37.4 Å². The molecule has 6 heteroatoms. The Balaban J connectivity index is 1.64. The number of carbonyl (C=O) groups excluding carboxylic acids is 1. The first-order valence-electron chi connectivity index (χ1n) is 9.24. The molecule has 2 aromatic carbocycles. The number of hydrogen-bond donors (Lipinski definition) is 2. The van der Waals surface area contributed by atoms with E-state index < -0.39 is 6.10 Å². The van der Waals surface area contributed by atoms with Crippen molar-refractivity contribution in [1.82, 2.24) is 5.32 Å². The monoisotopic (exact) mass is 371 g/mol. The molecule has 0 radical (unpaired) electrons. The maximum atomic E-state index is 12.5. The predicted molar refractivity (Wildman–Crippen MR) is 102 cm³/mol. The minimum atomic E-state index is -0.783. The first-order valence-corrected chi connectivity index (χ1v) is 9.24. The number of nitrogens with one attached hydrogen (secondary N) is 1. The summed E-state index contributed by atoms with van der Waals surface area (Å²) >= 11 is 0. The molecule has 0 aliphatic carbocycles. The van der Waals surface area contributed by atoms with Crippen molar-refractivity contribution in [1.29, 1.82) is 0 Å². The van der Waals surface area contributed by atoms with Gasteiger partial charge >= 0.3 is 0 Å². The van der Waals surface area contributed by atoms with Crippen LogP contribution in [0.1, 0.15) is 41.4 Å². The largest absolute Gasteiger partial charge is 0.493 e. The van der Waals surface area contributed by atoms with Crippen LogP contribution in [0.4, 0.5) is 0 Å². The molecule has 3 rings (SSSR count). The van der Waals surface area contributed by atoms with Crippen molar-refractivity contribution < 1.29 is 24.1 Å². The van der Waals surface area contributed by atoms with Crippen LogP contribution in [0.15, 0.2) is 36.4 Å². The normalized spacial score (nSPS) is 13.4. The van der Waals surface area contributed by atoms with Crippen LogP contribution in [0, 0.1) is 0 Å². The predicted octanol–water partition coefficient (Wildman–Crippen LogP) is 2.88. The molecule has 0 saturated heterocycles. The summed E-state index contributed by atoms with van der Waals surface area (Å²) in [5, 5.41) is 13.2. The van der Waals surface area contributed by atoms with E-state index in [-0.39, 0.29) is 12.5 Å². The van der Waals surface area contributed by atoms with E-state index >= 15 is 0 Å². The van der Waals surface area contributed by atoms with E-state index in [1.807, 2.05) is 32.0 Å². The summed E-state index contributed by atoms with van der Waals surface area (Å²) in [6, 6.07) is 10.7. The molecule has 1 heterocycles. The Morgan fingerprint density at radius 3 is 2.70 bits per heavy atom. The fourth-order valence-electron chi connectivity index (χ4n) is 3.02. The first kappa shape index (κ1) is 19.0. The lowest BCUT2D eigenvalue weighted by Crippen LogP contribution is -2.28. The molecule has 27 heavy (non-hydrogen) atoms. The molecule has 2 N–H and O–H groups in total. The van der Waals surface area contributed by atoms with E-state index in [1.165, 1.54) is 0 Å². The quantitative estimate of drug-likeness (QED) is 0.746. The fraction of sp³-hybridized carbons (Fsp3) is 0.381. The van der Waals surface area contributed by atoms with Crippen LogP contribution in [-0.2, 0) is 6.42 Å². The molecule has 1 atom stereocenters. The number of benzene rings is 2. The average molecular weight is 371 g/mol. The van der Waals surface area contributed by atoms with Gasteiger partial charge in [0.25, 0.3) is 5.91 Å². The van der Waals surface area contributed by atoms with Gasteiger partial charge in [0.2, 0.25) is 0 Å². The summed E-state index contributed by atoms with van der Waals surface area (Å²) in [5.41, 5.74) is 2.31. The molecule has 1 aliphatic heterocycles. The minimum Gasteiger partial charge on any atom is -0.493 e. The van der Waals surface area contributed by atoms with Gasteiger partial charge in [-0.1, -0.05) is 6.07 Å². The third-order valence-corrected chi connectivity index (χ3v) is 4.36. The Labute approximate surface area is 159 Å². The zero-order valence-corrected chi connectivity index (χ0v) is 15.7. The topological polar surface area (TPSA) is 77.0 Å². The molecule has 144 valence electrons. The standard InChI is InChI=1S/C21H25NO5/c1-3-25-19-8-6-16(12-20(19)26-4-2)21(24)22-13-17(23)14-5-7-18-15(11-14)9-10-27-18/h5-8,11-12,17,23H,3-4,9-10,13H2,1-2H3,(H,22,24). The van der Waals surface area contributed by atoms with Gasteiger partial charge in [-0.15, -0.1) is 0 Å². The number of amides is 1. The van der Waals surface area contributed by atoms with Crippen molar-refractivity contribution in [3.8, 4) is 17.2 Å². The van der Waals surface area contributed by atoms with Crippen molar-refractivity contribution in [3.63, 3.8) is 0 Å².